The van der Waals surface area contributed by atoms with Gasteiger partial charge in [-0.2, -0.15) is 10.5 Å². The molecule has 3 nitrogen and oxygen atoms in total. The Labute approximate surface area is 123 Å². The lowest BCUT2D eigenvalue weighted by Crippen LogP contribution is -1.89. The summed E-state index contributed by atoms with van der Waals surface area (Å²) >= 11 is 2.97. The minimum atomic E-state index is -0.543. The van der Waals surface area contributed by atoms with Crippen LogP contribution in [0.5, 0.6) is 0 Å². The van der Waals surface area contributed by atoms with Crippen molar-refractivity contribution in [2.24, 2.45) is 0 Å². The number of nitrogen functional groups attached to an aromatic ring is 1. The van der Waals surface area contributed by atoms with Crippen LogP contribution in [0.15, 0.2) is 40.9 Å². The zero-order chi connectivity index (χ0) is 15.1. The highest BCUT2D eigenvalue weighted by atomic mass is 79.9. The van der Waals surface area contributed by atoms with Gasteiger partial charge < -0.3 is 5.73 Å². The monoisotopic (exact) mass is 335 g/mol. The molecule has 2 rings (SSSR count). The van der Waals surface area contributed by atoms with Crippen LogP contribution in [0.2, 0.25) is 0 Å². The van der Waals surface area contributed by atoms with Crippen LogP contribution in [0, 0.1) is 34.3 Å². The summed E-state index contributed by atoms with van der Waals surface area (Å²) in [6.45, 7) is 0. The van der Waals surface area contributed by atoms with E-state index >= 15 is 0 Å². The molecule has 0 aliphatic carbocycles. The first-order valence-electron chi connectivity index (χ1n) is 5.28. The lowest BCUT2D eigenvalue weighted by atomic mass is 10.2. The summed E-state index contributed by atoms with van der Waals surface area (Å²) in [6, 6.07) is 11.8. The molecule has 0 aliphatic rings. The SMILES string of the molecule is N#Cc1ccc(Br)c(F)c1.N#Cc1ccc(N)c(F)c1. The quantitative estimate of drug-likeness (QED) is 0.745. The molecule has 0 atom stereocenters. The van der Waals surface area contributed by atoms with Crippen LogP contribution in [-0.2, 0) is 0 Å². The van der Waals surface area contributed by atoms with Crippen molar-refractivity contribution in [3.63, 3.8) is 0 Å². The average molecular weight is 336 g/mol. The maximum Gasteiger partial charge on any atom is 0.147 e. The third-order valence-electron chi connectivity index (χ3n) is 2.18. The van der Waals surface area contributed by atoms with Gasteiger partial charge in [0.1, 0.15) is 11.6 Å². The van der Waals surface area contributed by atoms with Crippen molar-refractivity contribution in [2.75, 3.05) is 5.73 Å². The molecule has 0 amide bonds. The van der Waals surface area contributed by atoms with Crippen molar-refractivity contribution < 1.29 is 8.78 Å². The maximum atomic E-state index is 12.6. The van der Waals surface area contributed by atoms with Crippen molar-refractivity contribution in [1.29, 1.82) is 10.5 Å². The van der Waals surface area contributed by atoms with E-state index in [-0.39, 0.29) is 11.3 Å². The van der Waals surface area contributed by atoms with Gasteiger partial charge in [-0.25, -0.2) is 8.78 Å². The van der Waals surface area contributed by atoms with Gasteiger partial charge in [0.15, 0.2) is 0 Å². The summed E-state index contributed by atoms with van der Waals surface area (Å²) in [6.07, 6.45) is 0. The van der Waals surface area contributed by atoms with Crippen LogP contribution in [0.3, 0.4) is 0 Å². The van der Waals surface area contributed by atoms with Gasteiger partial charge in [0.05, 0.1) is 33.4 Å². The number of hydrogen-bond donors (Lipinski definition) is 1. The van der Waals surface area contributed by atoms with Crippen molar-refractivity contribution in [1.82, 2.24) is 0 Å². The summed E-state index contributed by atoms with van der Waals surface area (Å²) < 4.78 is 25.4. The summed E-state index contributed by atoms with van der Waals surface area (Å²) in [5, 5.41) is 16.6. The number of nitrogens with two attached hydrogens (primary N) is 1. The summed E-state index contributed by atoms with van der Waals surface area (Å²) in [4.78, 5) is 0. The molecule has 2 aromatic carbocycles. The second-order valence-electron chi connectivity index (χ2n) is 3.59. The Morgan fingerprint density at radius 1 is 0.900 bits per heavy atom. The molecule has 0 spiro atoms. The molecular formula is C14H8BrF2N3. The van der Waals surface area contributed by atoms with Gasteiger partial charge in [0.2, 0.25) is 0 Å². The molecule has 0 aromatic heterocycles. The third kappa shape index (κ3) is 4.34. The van der Waals surface area contributed by atoms with E-state index in [1.54, 1.807) is 12.1 Å². The van der Waals surface area contributed by atoms with E-state index in [4.69, 9.17) is 16.3 Å². The largest absolute Gasteiger partial charge is 0.396 e. The maximum absolute atomic E-state index is 12.6. The zero-order valence-corrected chi connectivity index (χ0v) is 11.7. The van der Waals surface area contributed by atoms with Crippen LogP contribution in [0.1, 0.15) is 11.1 Å². The van der Waals surface area contributed by atoms with Crippen molar-refractivity contribution in [3.05, 3.63) is 63.6 Å². The van der Waals surface area contributed by atoms with Gasteiger partial charge >= 0.3 is 0 Å². The van der Waals surface area contributed by atoms with Crippen molar-refractivity contribution in [2.45, 2.75) is 0 Å². The number of nitrogens with zero attached hydrogens (tertiary/aromatic N) is 2. The lowest BCUT2D eigenvalue weighted by Gasteiger charge is -1.93. The third-order valence-corrected chi connectivity index (χ3v) is 2.82. The molecule has 0 fully saturated rings. The van der Waals surface area contributed by atoms with Gasteiger partial charge in [-0.05, 0) is 52.3 Å². The Morgan fingerprint density at radius 3 is 1.85 bits per heavy atom. The normalized spacial score (nSPS) is 8.85. The van der Waals surface area contributed by atoms with E-state index < -0.39 is 11.6 Å². The molecule has 0 unspecified atom stereocenters. The topological polar surface area (TPSA) is 73.6 Å². The molecule has 0 bridgehead atoms. The first-order valence-corrected chi connectivity index (χ1v) is 6.07. The Kier molecular flexibility index (Phi) is 5.64. The molecule has 0 heterocycles. The van der Waals surface area contributed by atoms with Gasteiger partial charge in [-0.1, -0.05) is 0 Å². The number of benzene rings is 2. The van der Waals surface area contributed by atoms with Crippen molar-refractivity contribution >= 4 is 21.6 Å². The number of rotatable bonds is 0. The van der Waals surface area contributed by atoms with E-state index in [1.165, 1.54) is 24.3 Å². The van der Waals surface area contributed by atoms with E-state index in [0.29, 0.717) is 10.0 Å². The Balaban J connectivity index is 0.000000200. The first-order chi connectivity index (χ1) is 9.47. The molecule has 2 aromatic rings. The molecule has 100 valence electrons. The molecule has 2 N–H and O–H groups in total. The molecule has 0 saturated heterocycles. The number of nitriles is 2. The van der Waals surface area contributed by atoms with Gasteiger partial charge in [-0.15, -0.1) is 0 Å². The average Bonchev–Trinajstić information content (AvgIpc) is 2.45. The van der Waals surface area contributed by atoms with Crippen LogP contribution < -0.4 is 5.73 Å². The Hall–Kier alpha value is -2.44. The Morgan fingerprint density at radius 2 is 1.40 bits per heavy atom. The number of anilines is 1. The van der Waals surface area contributed by atoms with Crippen LogP contribution in [0.25, 0.3) is 0 Å². The fraction of sp³-hybridized carbons (Fsp3) is 0. The smallest absolute Gasteiger partial charge is 0.147 e. The second kappa shape index (κ2) is 7.22. The minimum Gasteiger partial charge on any atom is -0.396 e. The predicted octanol–water partition coefficient (Wildman–Crippen LogP) is 3.74. The van der Waals surface area contributed by atoms with E-state index in [2.05, 4.69) is 15.9 Å². The molecule has 6 heteroatoms. The highest BCUT2D eigenvalue weighted by Gasteiger charge is 1.98. The zero-order valence-electron chi connectivity index (χ0n) is 10.1. The number of halogens is 3. The fourth-order valence-electron chi connectivity index (χ4n) is 1.16. The molecule has 0 saturated carbocycles. The summed E-state index contributed by atoms with van der Waals surface area (Å²) in [5.74, 6) is -0.946. The molecule has 0 aliphatic heterocycles. The van der Waals surface area contributed by atoms with Gasteiger partial charge in [-0.3, -0.25) is 0 Å². The first kappa shape index (κ1) is 15.6. The standard InChI is InChI=1S/C7H3BrFN.C7H5FN2/c8-6-2-1-5(4-10)3-7(6)9;8-6-3-5(4-9)1-2-7(6)10/h1-3H;1-3H,10H2. The van der Waals surface area contributed by atoms with E-state index in [1.807, 2.05) is 6.07 Å². The fourth-order valence-corrected chi connectivity index (χ4v) is 1.41. The van der Waals surface area contributed by atoms with Crippen LogP contribution in [0.4, 0.5) is 14.5 Å². The van der Waals surface area contributed by atoms with Gasteiger partial charge in [0, 0.05) is 0 Å². The summed E-state index contributed by atoms with van der Waals surface area (Å²) in [5.41, 5.74) is 5.85. The molecule has 0 radical (unpaired) electrons. The molecule has 20 heavy (non-hydrogen) atoms. The number of hydrogen-bond acceptors (Lipinski definition) is 3. The van der Waals surface area contributed by atoms with Crippen LogP contribution >= 0.6 is 15.9 Å². The predicted molar refractivity (Wildman–Crippen MR) is 74.3 cm³/mol. The Bertz CT molecular complexity index is 641. The highest BCUT2D eigenvalue weighted by Crippen LogP contribution is 2.15. The summed E-state index contributed by atoms with van der Waals surface area (Å²) in [7, 11) is 0. The van der Waals surface area contributed by atoms with Crippen molar-refractivity contribution in [3.8, 4) is 12.1 Å². The van der Waals surface area contributed by atoms with Gasteiger partial charge in [0.25, 0.3) is 0 Å². The van der Waals surface area contributed by atoms with Crippen LogP contribution in [-0.4, -0.2) is 0 Å². The lowest BCUT2D eigenvalue weighted by molar-refractivity contribution is 0.620. The highest BCUT2D eigenvalue weighted by molar-refractivity contribution is 9.10. The van der Waals surface area contributed by atoms with E-state index in [0.717, 1.165) is 6.07 Å². The minimum absolute atomic E-state index is 0.0685. The second-order valence-corrected chi connectivity index (χ2v) is 4.44. The van der Waals surface area contributed by atoms with E-state index in [9.17, 15) is 8.78 Å². The molecular weight excluding hydrogens is 328 g/mol.